The minimum absolute atomic E-state index is 0.111. The number of allylic oxidation sites excluding steroid dienone is 5. The Morgan fingerprint density at radius 2 is 1.76 bits per heavy atom. The van der Waals surface area contributed by atoms with Gasteiger partial charge in [-0.3, -0.25) is 0 Å². The van der Waals surface area contributed by atoms with Crippen LogP contribution in [0, 0.1) is 29.1 Å². The third kappa shape index (κ3) is 6.79. The lowest BCUT2D eigenvalue weighted by molar-refractivity contribution is -0.319. The lowest BCUT2D eigenvalue weighted by atomic mass is 9.61. The van der Waals surface area contributed by atoms with Gasteiger partial charge in [-0.2, -0.15) is 0 Å². The summed E-state index contributed by atoms with van der Waals surface area (Å²) >= 11 is 0. The molecule has 11 atom stereocenters. The fourth-order valence-corrected chi connectivity index (χ4v) is 7.80. The molecule has 0 aromatic heterocycles. The molecular weight excluding hydrogens is 536 g/mol. The van der Waals surface area contributed by atoms with E-state index in [1.807, 2.05) is 20.8 Å². The fraction of sp³-hybridized carbons (Fsp3) is 0.735. The second-order valence-electron chi connectivity index (χ2n) is 14.0. The second-order valence-corrected chi connectivity index (χ2v) is 14.0. The number of aliphatic hydroxyl groups is 4. The van der Waals surface area contributed by atoms with Gasteiger partial charge in [0.2, 0.25) is 0 Å². The minimum atomic E-state index is -1.75. The van der Waals surface area contributed by atoms with Gasteiger partial charge in [-0.05, 0) is 94.0 Å². The molecule has 1 saturated heterocycles. The predicted octanol–water partition coefficient (Wildman–Crippen LogP) is 4.67. The first-order valence-corrected chi connectivity index (χ1v) is 15.7. The summed E-state index contributed by atoms with van der Waals surface area (Å²) in [5, 5.41) is 50.1. The molecule has 0 aromatic rings. The highest BCUT2D eigenvalue weighted by Gasteiger charge is 2.51. The summed E-state index contributed by atoms with van der Waals surface area (Å²) in [5.41, 5.74) is 3.24. The first-order chi connectivity index (χ1) is 19.7. The number of carboxylic acid groups (broad SMARTS) is 1. The highest BCUT2D eigenvalue weighted by Crippen LogP contribution is 2.59. The van der Waals surface area contributed by atoms with Crippen LogP contribution in [0.1, 0.15) is 86.0 Å². The maximum atomic E-state index is 11.5. The van der Waals surface area contributed by atoms with Crippen LogP contribution in [-0.4, -0.2) is 73.9 Å². The number of aliphatic hydroxyl groups excluding tert-OH is 4. The second kappa shape index (κ2) is 13.0. The molecule has 1 unspecified atom stereocenters. The van der Waals surface area contributed by atoms with Gasteiger partial charge >= 0.3 is 5.97 Å². The van der Waals surface area contributed by atoms with Gasteiger partial charge in [0.15, 0.2) is 12.4 Å². The molecule has 4 fully saturated rings. The standard InChI is InChI=1S/C34H52O8/c1-19-10-14-24(35)18-23(19)13-12-22-8-7-17-34(6)25(15-16-26(22)34)20(2)9-11-21(3)33(4,5)42-32-29(38)27(36)28(37)30(41-32)31(39)40/h9,11-13,20-21,24-30,32,35-38H,1,7-8,10,14-18H2,2-6H3,(H,39,40)/b11-9+,22-12+,23-13-/t20-,21+,24+,25-,26+,27+,28+,29-,30+,32?,34-/m1/s1. The van der Waals surface area contributed by atoms with Gasteiger partial charge in [0, 0.05) is 5.92 Å². The maximum Gasteiger partial charge on any atom is 0.335 e. The van der Waals surface area contributed by atoms with Crippen molar-refractivity contribution in [3.05, 3.63) is 47.6 Å². The Bertz CT molecular complexity index is 1090. The van der Waals surface area contributed by atoms with Crippen molar-refractivity contribution in [2.24, 2.45) is 29.1 Å². The Labute approximate surface area is 250 Å². The largest absolute Gasteiger partial charge is 0.479 e. The number of hydrogen-bond acceptors (Lipinski definition) is 7. The lowest BCUT2D eigenvalue weighted by Crippen LogP contribution is -2.61. The van der Waals surface area contributed by atoms with E-state index in [4.69, 9.17) is 9.47 Å². The average Bonchev–Trinajstić information content (AvgIpc) is 3.29. The predicted molar refractivity (Wildman–Crippen MR) is 160 cm³/mol. The fourth-order valence-electron chi connectivity index (χ4n) is 7.80. The SMILES string of the molecule is C=C1CC[C@H](O)C/C1=C/C=C1\CCC[C@]2(C)[C@@H]([C@H](C)/C=C/[C@H](C)C(C)(C)OC3O[C@H](C(=O)O)[C@@H](O)[C@H](O)[C@H]3O)CC[C@@H]12. The molecule has 0 amide bonds. The third-order valence-corrected chi connectivity index (χ3v) is 10.9. The van der Waals surface area contributed by atoms with E-state index in [0.29, 0.717) is 24.2 Å². The van der Waals surface area contributed by atoms with Gasteiger partial charge in [-0.25, -0.2) is 4.79 Å². The molecule has 0 spiro atoms. The summed E-state index contributed by atoms with van der Waals surface area (Å²) in [4.78, 5) is 11.5. The number of carboxylic acids is 1. The van der Waals surface area contributed by atoms with E-state index >= 15 is 0 Å². The Kier molecular flexibility index (Phi) is 10.3. The Balaban J connectivity index is 1.41. The van der Waals surface area contributed by atoms with Crippen molar-refractivity contribution in [1.82, 2.24) is 0 Å². The monoisotopic (exact) mass is 588 g/mol. The number of rotatable bonds is 8. The molecule has 236 valence electrons. The zero-order valence-electron chi connectivity index (χ0n) is 25.9. The van der Waals surface area contributed by atoms with E-state index in [0.717, 1.165) is 24.8 Å². The molecule has 0 bridgehead atoms. The summed E-state index contributed by atoms with van der Waals surface area (Å²) in [6, 6.07) is 0. The van der Waals surface area contributed by atoms with E-state index in [9.17, 15) is 30.3 Å². The van der Waals surface area contributed by atoms with Crippen molar-refractivity contribution in [1.29, 1.82) is 0 Å². The van der Waals surface area contributed by atoms with Gasteiger partial charge in [0.05, 0.1) is 11.7 Å². The van der Waals surface area contributed by atoms with Crippen LogP contribution in [0.2, 0.25) is 0 Å². The van der Waals surface area contributed by atoms with Crippen LogP contribution in [0.5, 0.6) is 0 Å². The number of ether oxygens (including phenoxy) is 2. The highest BCUT2D eigenvalue weighted by molar-refractivity contribution is 5.73. The van der Waals surface area contributed by atoms with Crippen molar-refractivity contribution in [3.63, 3.8) is 0 Å². The summed E-state index contributed by atoms with van der Waals surface area (Å²) in [6.45, 7) is 14.7. The van der Waals surface area contributed by atoms with Gasteiger partial charge in [-0.15, -0.1) is 0 Å². The van der Waals surface area contributed by atoms with Crippen molar-refractivity contribution in [2.45, 2.75) is 128 Å². The molecule has 0 radical (unpaired) electrons. The van der Waals surface area contributed by atoms with Crippen LogP contribution in [0.25, 0.3) is 0 Å². The molecule has 8 heteroatoms. The molecule has 1 aliphatic heterocycles. The van der Waals surface area contributed by atoms with Crippen LogP contribution in [0.3, 0.4) is 0 Å². The maximum absolute atomic E-state index is 11.5. The Hall–Kier alpha value is -1.81. The van der Waals surface area contributed by atoms with Crippen LogP contribution in [0.15, 0.2) is 47.6 Å². The lowest BCUT2D eigenvalue weighted by Gasteiger charge is -2.44. The van der Waals surface area contributed by atoms with Crippen molar-refractivity contribution in [3.8, 4) is 0 Å². The quantitative estimate of drug-likeness (QED) is 0.258. The average molecular weight is 589 g/mol. The zero-order valence-corrected chi connectivity index (χ0v) is 25.9. The van der Waals surface area contributed by atoms with Crippen LogP contribution in [0.4, 0.5) is 0 Å². The molecule has 3 saturated carbocycles. The van der Waals surface area contributed by atoms with Gasteiger partial charge in [0.1, 0.15) is 18.3 Å². The van der Waals surface area contributed by atoms with Gasteiger partial charge in [0.25, 0.3) is 0 Å². The number of aliphatic carboxylic acids is 1. The van der Waals surface area contributed by atoms with Crippen LogP contribution < -0.4 is 0 Å². The van der Waals surface area contributed by atoms with E-state index < -0.39 is 42.3 Å². The van der Waals surface area contributed by atoms with E-state index in [-0.39, 0.29) is 17.4 Å². The molecule has 1 heterocycles. The molecule has 0 aromatic carbocycles. The molecule has 5 N–H and O–H groups in total. The summed E-state index contributed by atoms with van der Waals surface area (Å²) < 4.78 is 11.4. The molecule has 4 rings (SSSR count). The summed E-state index contributed by atoms with van der Waals surface area (Å²) in [6.07, 6.45) is 8.80. The van der Waals surface area contributed by atoms with E-state index in [1.165, 1.54) is 36.8 Å². The molecule has 42 heavy (non-hydrogen) atoms. The molecule has 8 nitrogen and oxygen atoms in total. The topological polar surface area (TPSA) is 137 Å². The highest BCUT2D eigenvalue weighted by atomic mass is 16.7. The van der Waals surface area contributed by atoms with E-state index in [2.05, 4.69) is 44.7 Å². The first-order valence-electron chi connectivity index (χ1n) is 15.7. The van der Waals surface area contributed by atoms with Crippen LogP contribution >= 0.6 is 0 Å². The minimum Gasteiger partial charge on any atom is -0.479 e. The Morgan fingerprint density at radius 1 is 1.05 bits per heavy atom. The summed E-state index contributed by atoms with van der Waals surface area (Å²) in [5.74, 6) is -0.110. The van der Waals surface area contributed by atoms with Crippen LogP contribution in [-0.2, 0) is 14.3 Å². The summed E-state index contributed by atoms with van der Waals surface area (Å²) in [7, 11) is 0. The molecule has 4 aliphatic rings. The number of carbonyl (C=O) groups is 1. The van der Waals surface area contributed by atoms with Crippen molar-refractivity contribution in [2.75, 3.05) is 0 Å². The third-order valence-electron chi connectivity index (χ3n) is 10.9. The number of hydrogen-bond donors (Lipinski definition) is 5. The van der Waals surface area contributed by atoms with E-state index in [1.54, 1.807) is 0 Å². The normalized spacial score (nSPS) is 41.3. The smallest absolute Gasteiger partial charge is 0.335 e. The Morgan fingerprint density at radius 3 is 2.45 bits per heavy atom. The molecular formula is C34H52O8. The number of fused-ring (bicyclic) bond motifs is 1. The van der Waals surface area contributed by atoms with Crippen molar-refractivity contribution < 1.29 is 39.8 Å². The first kappa shape index (κ1) is 33.1. The van der Waals surface area contributed by atoms with Gasteiger partial charge < -0.3 is 35.0 Å². The zero-order chi connectivity index (χ0) is 31.0. The van der Waals surface area contributed by atoms with Gasteiger partial charge in [-0.1, -0.05) is 62.8 Å². The molecule has 3 aliphatic carbocycles. The van der Waals surface area contributed by atoms with Crippen molar-refractivity contribution >= 4 is 5.97 Å².